The Bertz CT molecular complexity index is 938. The molecule has 0 aromatic heterocycles. The third-order valence-corrected chi connectivity index (χ3v) is 5.44. The van der Waals surface area contributed by atoms with Gasteiger partial charge in [-0.25, -0.2) is 4.79 Å². The van der Waals surface area contributed by atoms with Crippen molar-refractivity contribution in [2.75, 3.05) is 33.0 Å². The van der Waals surface area contributed by atoms with Crippen molar-refractivity contribution in [2.24, 2.45) is 0 Å². The lowest BCUT2D eigenvalue weighted by Gasteiger charge is -2.15. The molecule has 3 amide bonds. The molecule has 7 nitrogen and oxygen atoms in total. The maximum absolute atomic E-state index is 12.5. The molecule has 8 heteroatoms. The van der Waals surface area contributed by atoms with Crippen LogP contribution < -0.4 is 0 Å². The first-order valence-electron chi connectivity index (χ1n) is 8.94. The molecule has 0 N–H and O–H groups in total. The van der Waals surface area contributed by atoms with E-state index in [-0.39, 0.29) is 36.6 Å². The van der Waals surface area contributed by atoms with Crippen molar-refractivity contribution in [1.82, 2.24) is 9.80 Å². The van der Waals surface area contributed by atoms with Gasteiger partial charge in [-0.2, -0.15) is 0 Å². The van der Waals surface area contributed by atoms with E-state index < -0.39 is 5.97 Å². The Hall–Kier alpha value is -3.13. The van der Waals surface area contributed by atoms with Crippen molar-refractivity contribution in [2.45, 2.75) is 4.90 Å². The van der Waals surface area contributed by atoms with Crippen LogP contribution in [-0.2, 0) is 9.53 Å². The average molecular weight is 412 g/mol. The monoisotopic (exact) mass is 412 g/mol. The van der Waals surface area contributed by atoms with E-state index in [1.165, 1.54) is 16.7 Å². The number of fused-ring (bicyclic) bond motifs is 1. The third kappa shape index (κ3) is 4.48. The molecule has 1 aliphatic rings. The summed E-state index contributed by atoms with van der Waals surface area (Å²) in [5.41, 5.74) is 1.05. The minimum absolute atomic E-state index is 0.0213. The topological polar surface area (TPSA) is 84.0 Å². The van der Waals surface area contributed by atoms with Crippen molar-refractivity contribution in [1.29, 1.82) is 0 Å². The van der Waals surface area contributed by atoms with Crippen molar-refractivity contribution in [3.8, 4) is 0 Å². The van der Waals surface area contributed by atoms with Gasteiger partial charge in [-0.05, 0) is 24.3 Å². The number of carbonyl (C=O) groups is 4. The highest BCUT2D eigenvalue weighted by atomic mass is 32.2. The molecule has 2 aromatic carbocycles. The van der Waals surface area contributed by atoms with E-state index in [2.05, 4.69) is 0 Å². The van der Waals surface area contributed by atoms with Crippen LogP contribution in [0.2, 0.25) is 0 Å². The minimum Gasteiger partial charge on any atom is -0.460 e. The van der Waals surface area contributed by atoms with Crippen LogP contribution in [-0.4, -0.2) is 66.5 Å². The molecule has 0 spiro atoms. The molecule has 1 heterocycles. The molecule has 2 aromatic rings. The fourth-order valence-electron chi connectivity index (χ4n) is 2.78. The van der Waals surface area contributed by atoms with Gasteiger partial charge in [-0.15, -0.1) is 11.8 Å². The van der Waals surface area contributed by atoms with Gasteiger partial charge >= 0.3 is 5.97 Å². The average Bonchev–Trinajstić information content (AvgIpc) is 2.97. The third-order valence-electron chi connectivity index (χ3n) is 4.38. The fraction of sp³-hybridized carbons (Fsp3) is 0.238. The lowest BCUT2D eigenvalue weighted by Crippen LogP contribution is -2.33. The zero-order valence-corrected chi connectivity index (χ0v) is 16.9. The van der Waals surface area contributed by atoms with Gasteiger partial charge in [-0.1, -0.05) is 24.3 Å². The predicted octanol–water partition coefficient (Wildman–Crippen LogP) is 2.32. The number of thioether (sulfide) groups is 1. The van der Waals surface area contributed by atoms with Gasteiger partial charge in [0, 0.05) is 19.0 Å². The standard InChI is InChI=1S/C21H20N2O5S/c1-22(2)18(24)13-29-17-10-6-5-9-16(17)21(27)28-12-11-23-19(25)14-7-3-4-8-15(14)20(23)26/h3-10H,11-13H2,1-2H3. The molecule has 0 unspecified atom stereocenters. The van der Waals surface area contributed by atoms with Crippen molar-refractivity contribution in [3.05, 3.63) is 65.2 Å². The maximum Gasteiger partial charge on any atom is 0.339 e. The van der Waals surface area contributed by atoms with E-state index in [4.69, 9.17) is 4.74 Å². The molecule has 0 saturated carbocycles. The second-order valence-electron chi connectivity index (χ2n) is 6.52. The van der Waals surface area contributed by atoms with Crippen LogP contribution in [0.25, 0.3) is 0 Å². The van der Waals surface area contributed by atoms with E-state index in [1.807, 2.05) is 0 Å². The Kier molecular flexibility index (Phi) is 6.33. The number of nitrogens with zero attached hydrogens (tertiary/aromatic N) is 2. The smallest absolute Gasteiger partial charge is 0.339 e. The summed E-state index contributed by atoms with van der Waals surface area (Å²) in [7, 11) is 3.34. The number of amides is 3. The van der Waals surface area contributed by atoms with Gasteiger partial charge in [-0.3, -0.25) is 19.3 Å². The molecule has 0 radical (unpaired) electrons. The molecule has 3 rings (SSSR count). The van der Waals surface area contributed by atoms with Crippen LogP contribution >= 0.6 is 11.8 Å². The first-order valence-corrected chi connectivity index (χ1v) is 9.93. The number of ether oxygens (including phenoxy) is 1. The van der Waals surface area contributed by atoms with E-state index in [1.54, 1.807) is 62.6 Å². The van der Waals surface area contributed by atoms with Crippen LogP contribution in [0.1, 0.15) is 31.1 Å². The van der Waals surface area contributed by atoms with Crippen LogP contribution in [0.15, 0.2) is 53.4 Å². The summed E-state index contributed by atoms with van der Waals surface area (Å²) in [4.78, 5) is 52.1. The second kappa shape index (κ2) is 8.91. The lowest BCUT2D eigenvalue weighted by atomic mass is 10.1. The second-order valence-corrected chi connectivity index (χ2v) is 7.53. The Morgan fingerprint density at radius 1 is 0.966 bits per heavy atom. The number of hydrogen-bond donors (Lipinski definition) is 0. The molecule has 0 bridgehead atoms. The number of carbonyl (C=O) groups excluding carboxylic acids is 4. The molecular formula is C21H20N2O5S. The molecular weight excluding hydrogens is 392 g/mol. The first kappa shape index (κ1) is 20.6. The van der Waals surface area contributed by atoms with Gasteiger partial charge < -0.3 is 9.64 Å². The predicted molar refractivity (Wildman–Crippen MR) is 108 cm³/mol. The normalized spacial score (nSPS) is 12.7. The van der Waals surface area contributed by atoms with Crippen LogP contribution in [0.4, 0.5) is 0 Å². The summed E-state index contributed by atoms with van der Waals surface area (Å²) < 4.78 is 5.29. The first-order chi connectivity index (χ1) is 13.9. The van der Waals surface area contributed by atoms with Crippen LogP contribution in [0.5, 0.6) is 0 Å². The van der Waals surface area contributed by atoms with Crippen molar-refractivity contribution in [3.63, 3.8) is 0 Å². The van der Waals surface area contributed by atoms with Gasteiger partial charge in [0.25, 0.3) is 11.8 Å². The summed E-state index contributed by atoms with van der Waals surface area (Å²) in [6.45, 7) is -0.132. The Morgan fingerprint density at radius 2 is 1.55 bits per heavy atom. The van der Waals surface area contributed by atoms with Gasteiger partial charge in [0.05, 0.1) is 29.0 Å². The molecule has 29 heavy (non-hydrogen) atoms. The molecule has 1 aliphatic heterocycles. The SMILES string of the molecule is CN(C)C(=O)CSc1ccccc1C(=O)OCCN1C(=O)c2ccccc2C1=O. The quantitative estimate of drug-likeness (QED) is 0.394. The number of esters is 1. The summed E-state index contributed by atoms with van der Waals surface area (Å²) in [6.07, 6.45) is 0. The zero-order chi connectivity index (χ0) is 21.0. The maximum atomic E-state index is 12.5. The largest absolute Gasteiger partial charge is 0.460 e. The molecule has 150 valence electrons. The number of rotatable bonds is 7. The van der Waals surface area contributed by atoms with Crippen molar-refractivity contribution >= 4 is 35.5 Å². The van der Waals surface area contributed by atoms with Gasteiger partial charge in [0.1, 0.15) is 6.61 Å². The van der Waals surface area contributed by atoms with E-state index in [0.29, 0.717) is 21.6 Å². The van der Waals surface area contributed by atoms with Gasteiger partial charge in [0.2, 0.25) is 5.91 Å². The Labute approximate surface area is 172 Å². The number of benzene rings is 2. The minimum atomic E-state index is -0.568. The fourth-order valence-corrected chi connectivity index (χ4v) is 3.80. The Balaban J connectivity index is 1.59. The summed E-state index contributed by atoms with van der Waals surface area (Å²) in [6, 6.07) is 13.4. The summed E-state index contributed by atoms with van der Waals surface area (Å²) in [5.74, 6) is -1.21. The van der Waals surface area contributed by atoms with E-state index in [9.17, 15) is 19.2 Å². The number of hydrogen-bond acceptors (Lipinski definition) is 6. The highest BCUT2D eigenvalue weighted by Crippen LogP contribution is 2.24. The summed E-state index contributed by atoms with van der Waals surface area (Å²) in [5, 5.41) is 0. The molecule has 0 atom stereocenters. The summed E-state index contributed by atoms with van der Waals surface area (Å²) >= 11 is 1.25. The Morgan fingerprint density at radius 3 is 2.17 bits per heavy atom. The van der Waals surface area contributed by atoms with E-state index in [0.717, 1.165) is 4.90 Å². The van der Waals surface area contributed by atoms with Crippen LogP contribution in [0, 0.1) is 0 Å². The lowest BCUT2D eigenvalue weighted by molar-refractivity contribution is -0.125. The molecule has 0 saturated heterocycles. The highest BCUT2D eigenvalue weighted by molar-refractivity contribution is 8.00. The van der Waals surface area contributed by atoms with E-state index >= 15 is 0 Å². The van der Waals surface area contributed by atoms with Crippen molar-refractivity contribution < 1.29 is 23.9 Å². The highest BCUT2D eigenvalue weighted by Gasteiger charge is 2.34. The zero-order valence-electron chi connectivity index (χ0n) is 16.1. The number of imide groups is 1. The molecule has 0 fully saturated rings. The van der Waals surface area contributed by atoms with Gasteiger partial charge in [0.15, 0.2) is 0 Å². The molecule has 0 aliphatic carbocycles. The van der Waals surface area contributed by atoms with Crippen LogP contribution in [0.3, 0.4) is 0 Å².